The number of anilines is 4. The zero-order chi connectivity index (χ0) is 23.5. The van der Waals surface area contributed by atoms with Crippen LogP contribution in [0.5, 0.6) is 11.5 Å². The second-order valence-corrected chi connectivity index (χ2v) is 8.37. The molecule has 0 amide bonds. The van der Waals surface area contributed by atoms with Gasteiger partial charge in [-0.3, -0.25) is 9.55 Å². The lowest BCUT2D eigenvalue weighted by Crippen LogP contribution is -2.04. The fourth-order valence-corrected chi connectivity index (χ4v) is 4.19. The molecule has 0 fully saturated rings. The van der Waals surface area contributed by atoms with Gasteiger partial charge in [0.15, 0.2) is 17.0 Å². The van der Waals surface area contributed by atoms with Crippen LogP contribution >= 0.6 is 11.3 Å². The van der Waals surface area contributed by atoms with Crippen molar-refractivity contribution in [2.75, 3.05) is 10.6 Å². The van der Waals surface area contributed by atoms with Crippen molar-refractivity contribution in [3.05, 3.63) is 102 Å². The normalized spacial score (nSPS) is 10.9. The van der Waals surface area contributed by atoms with Gasteiger partial charge in [-0.15, -0.1) is 0 Å². The van der Waals surface area contributed by atoms with Crippen molar-refractivity contribution in [2.45, 2.75) is 0 Å². The molecule has 0 aliphatic carbocycles. The van der Waals surface area contributed by atoms with Crippen molar-refractivity contribution in [3.8, 4) is 17.2 Å². The molecule has 0 aliphatic rings. The summed E-state index contributed by atoms with van der Waals surface area (Å²) in [5, 5.41) is 10.7. The molecule has 0 bridgehead atoms. The van der Waals surface area contributed by atoms with E-state index in [1.165, 1.54) is 0 Å². The number of thiophene rings is 1. The number of hydrogen-bond donors (Lipinski definition) is 2. The van der Waals surface area contributed by atoms with E-state index in [2.05, 4.69) is 26.0 Å². The third-order valence-electron chi connectivity index (χ3n) is 5.21. The molecule has 0 unspecified atom stereocenters. The highest BCUT2D eigenvalue weighted by atomic mass is 32.1. The first-order chi connectivity index (χ1) is 17.3. The first kappa shape index (κ1) is 20.8. The van der Waals surface area contributed by atoms with Gasteiger partial charge in [0, 0.05) is 29.1 Å². The Morgan fingerprint density at radius 2 is 1.54 bits per heavy atom. The second kappa shape index (κ2) is 9.24. The molecule has 2 N–H and O–H groups in total. The molecule has 170 valence electrons. The topological polar surface area (TPSA) is 89.8 Å². The smallest absolute Gasteiger partial charge is 0.231 e. The lowest BCUT2D eigenvalue weighted by Gasteiger charge is -2.11. The number of nitrogens with zero attached hydrogens (tertiary/aromatic N) is 5. The molecule has 0 atom stereocenters. The van der Waals surface area contributed by atoms with E-state index in [-0.39, 0.29) is 0 Å². The molecule has 2 aromatic carbocycles. The van der Waals surface area contributed by atoms with E-state index in [0.29, 0.717) is 22.9 Å². The molecule has 0 spiro atoms. The Kier molecular flexibility index (Phi) is 5.50. The summed E-state index contributed by atoms with van der Waals surface area (Å²) in [5.74, 6) is 2.58. The average Bonchev–Trinajstić information content (AvgIpc) is 3.57. The molecule has 9 heteroatoms. The van der Waals surface area contributed by atoms with Gasteiger partial charge in [-0.1, -0.05) is 18.2 Å². The summed E-state index contributed by atoms with van der Waals surface area (Å²) >= 11 is 1.62. The standard InChI is InChI=1S/C26H19N7OS/c1-2-4-21(5-3-1)34-22-8-6-18(7-9-22)29-24-23-25(33(17-28-23)20-12-15-35-16-20)32-26(31-24)30-19-10-13-27-14-11-19/h1-17H,(H2,27,29,30,31,32). The third kappa shape index (κ3) is 4.53. The van der Waals surface area contributed by atoms with Crippen LogP contribution in [0.25, 0.3) is 16.9 Å². The Hall–Kier alpha value is -4.76. The third-order valence-corrected chi connectivity index (χ3v) is 5.88. The summed E-state index contributed by atoms with van der Waals surface area (Å²) in [6.07, 6.45) is 5.20. The van der Waals surface area contributed by atoms with Gasteiger partial charge in [0.25, 0.3) is 0 Å². The Morgan fingerprint density at radius 3 is 2.31 bits per heavy atom. The van der Waals surface area contributed by atoms with Crippen LogP contribution in [0.3, 0.4) is 0 Å². The number of para-hydroxylation sites is 1. The van der Waals surface area contributed by atoms with Crippen molar-refractivity contribution in [1.29, 1.82) is 0 Å². The van der Waals surface area contributed by atoms with Gasteiger partial charge in [-0.05, 0) is 60.0 Å². The number of imidazole rings is 1. The van der Waals surface area contributed by atoms with Gasteiger partial charge < -0.3 is 15.4 Å². The van der Waals surface area contributed by atoms with Gasteiger partial charge in [0.05, 0.1) is 5.69 Å². The minimum Gasteiger partial charge on any atom is -0.457 e. The number of nitrogens with one attached hydrogen (secondary N) is 2. The van der Waals surface area contributed by atoms with Crippen LogP contribution in [0.4, 0.5) is 23.1 Å². The van der Waals surface area contributed by atoms with E-state index >= 15 is 0 Å². The van der Waals surface area contributed by atoms with Crippen molar-refractivity contribution >= 4 is 45.6 Å². The van der Waals surface area contributed by atoms with E-state index in [0.717, 1.165) is 28.6 Å². The number of hydrogen-bond acceptors (Lipinski definition) is 8. The monoisotopic (exact) mass is 477 g/mol. The van der Waals surface area contributed by atoms with Crippen LogP contribution in [-0.2, 0) is 0 Å². The van der Waals surface area contributed by atoms with Crippen molar-refractivity contribution in [1.82, 2.24) is 24.5 Å². The van der Waals surface area contributed by atoms with E-state index in [1.807, 2.05) is 82.7 Å². The van der Waals surface area contributed by atoms with Gasteiger partial charge in [-0.2, -0.15) is 21.3 Å². The number of rotatable bonds is 7. The molecule has 4 aromatic heterocycles. The van der Waals surface area contributed by atoms with Gasteiger partial charge in [0.1, 0.15) is 17.8 Å². The number of benzene rings is 2. The lowest BCUT2D eigenvalue weighted by molar-refractivity contribution is 0.483. The summed E-state index contributed by atoms with van der Waals surface area (Å²) in [6, 6.07) is 23.2. The van der Waals surface area contributed by atoms with Crippen LogP contribution in [0, 0.1) is 0 Å². The first-order valence-electron chi connectivity index (χ1n) is 10.9. The van der Waals surface area contributed by atoms with E-state index < -0.39 is 0 Å². The molecule has 6 rings (SSSR count). The number of fused-ring (bicyclic) bond motifs is 1. The van der Waals surface area contributed by atoms with E-state index in [9.17, 15) is 0 Å². The molecular formula is C26H19N7OS. The molecule has 0 saturated heterocycles. The molecule has 6 aromatic rings. The fraction of sp³-hybridized carbons (Fsp3) is 0. The van der Waals surface area contributed by atoms with Crippen molar-refractivity contribution in [3.63, 3.8) is 0 Å². The number of ether oxygens (including phenoxy) is 1. The highest BCUT2D eigenvalue weighted by Gasteiger charge is 2.15. The van der Waals surface area contributed by atoms with E-state index in [4.69, 9.17) is 14.7 Å². The Morgan fingerprint density at radius 1 is 0.771 bits per heavy atom. The zero-order valence-electron chi connectivity index (χ0n) is 18.4. The summed E-state index contributed by atoms with van der Waals surface area (Å²) in [4.78, 5) is 18.1. The van der Waals surface area contributed by atoms with Gasteiger partial charge in [-0.25, -0.2) is 4.98 Å². The minimum atomic E-state index is 0.451. The molecule has 0 aliphatic heterocycles. The Bertz CT molecular complexity index is 1550. The van der Waals surface area contributed by atoms with Crippen LogP contribution in [0.15, 0.2) is 102 Å². The largest absolute Gasteiger partial charge is 0.457 e. The Balaban J connectivity index is 1.34. The van der Waals surface area contributed by atoms with Crippen molar-refractivity contribution in [2.24, 2.45) is 0 Å². The molecule has 0 saturated carbocycles. The number of aromatic nitrogens is 5. The fourth-order valence-electron chi connectivity index (χ4n) is 3.56. The van der Waals surface area contributed by atoms with Gasteiger partial charge in [0.2, 0.25) is 5.95 Å². The predicted octanol–water partition coefficient (Wildman–Crippen LogP) is 6.55. The van der Waals surface area contributed by atoms with Crippen molar-refractivity contribution < 1.29 is 4.74 Å². The maximum absolute atomic E-state index is 5.90. The molecule has 4 heterocycles. The average molecular weight is 478 g/mol. The molecular weight excluding hydrogens is 458 g/mol. The quantitative estimate of drug-likeness (QED) is 0.269. The second-order valence-electron chi connectivity index (χ2n) is 7.59. The summed E-state index contributed by atoms with van der Waals surface area (Å²) in [5.41, 5.74) is 4.06. The maximum Gasteiger partial charge on any atom is 0.231 e. The van der Waals surface area contributed by atoms with Gasteiger partial charge >= 0.3 is 0 Å². The van der Waals surface area contributed by atoms with Crippen LogP contribution in [0.2, 0.25) is 0 Å². The predicted molar refractivity (Wildman–Crippen MR) is 138 cm³/mol. The molecule has 8 nitrogen and oxygen atoms in total. The van der Waals surface area contributed by atoms with Crippen LogP contribution in [-0.4, -0.2) is 24.5 Å². The summed E-state index contributed by atoms with van der Waals surface area (Å²) in [6.45, 7) is 0. The Labute approximate surface area is 204 Å². The summed E-state index contributed by atoms with van der Waals surface area (Å²) < 4.78 is 7.85. The van der Waals surface area contributed by atoms with Crippen LogP contribution in [0.1, 0.15) is 0 Å². The molecule has 35 heavy (non-hydrogen) atoms. The highest BCUT2D eigenvalue weighted by molar-refractivity contribution is 7.08. The number of pyridine rings is 1. The lowest BCUT2D eigenvalue weighted by atomic mass is 10.3. The SMILES string of the molecule is c1ccc(Oc2ccc(Nc3nc(Nc4ccncc4)nc4c3ncn4-c3ccsc3)cc2)cc1. The highest BCUT2D eigenvalue weighted by Crippen LogP contribution is 2.29. The molecule has 0 radical (unpaired) electrons. The zero-order valence-corrected chi connectivity index (χ0v) is 19.2. The summed E-state index contributed by atoms with van der Waals surface area (Å²) in [7, 11) is 0. The first-order valence-corrected chi connectivity index (χ1v) is 11.8. The minimum absolute atomic E-state index is 0.451. The van der Waals surface area contributed by atoms with Crippen LogP contribution < -0.4 is 15.4 Å². The maximum atomic E-state index is 5.90. The van der Waals surface area contributed by atoms with E-state index in [1.54, 1.807) is 30.1 Å².